The summed E-state index contributed by atoms with van der Waals surface area (Å²) in [6.07, 6.45) is 9.71. The lowest BCUT2D eigenvalue weighted by Gasteiger charge is -2.20. The smallest absolute Gasteiger partial charge is 0.150 e. The van der Waals surface area contributed by atoms with Gasteiger partial charge in [-0.05, 0) is 30.7 Å². The zero-order valence-corrected chi connectivity index (χ0v) is 11.0. The molecule has 3 rings (SSSR count). The molecule has 18 heavy (non-hydrogen) atoms. The molecule has 0 aromatic carbocycles. The standard InChI is InChI=1S/C14H16N2OS/c17-10-11-4-5-16-12(7-11)9-15-14(16)8-13-3-1-2-6-18-13/h4-5,7,9-10,13H,1-3,6,8H2. The second-order valence-corrected chi connectivity index (χ2v) is 6.15. The quantitative estimate of drug-likeness (QED) is 0.796. The summed E-state index contributed by atoms with van der Waals surface area (Å²) in [6, 6.07) is 3.73. The number of nitrogens with zero attached hydrogens (tertiary/aromatic N) is 2. The first kappa shape index (κ1) is 11.8. The first-order chi connectivity index (χ1) is 8.86. The van der Waals surface area contributed by atoms with Crippen LogP contribution in [0.1, 0.15) is 35.4 Å². The number of aromatic nitrogens is 2. The zero-order chi connectivity index (χ0) is 12.4. The molecule has 1 aliphatic heterocycles. The van der Waals surface area contributed by atoms with Gasteiger partial charge in [0.15, 0.2) is 0 Å². The van der Waals surface area contributed by atoms with Crippen LogP contribution in [-0.2, 0) is 6.42 Å². The molecule has 0 spiro atoms. The highest BCUT2D eigenvalue weighted by molar-refractivity contribution is 7.99. The van der Waals surface area contributed by atoms with E-state index in [1.165, 1.54) is 25.0 Å². The van der Waals surface area contributed by atoms with Crippen LogP contribution in [-0.4, -0.2) is 26.7 Å². The lowest BCUT2D eigenvalue weighted by Crippen LogP contribution is -2.14. The van der Waals surface area contributed by atoms with E-state index in [9.17, 15) is 4.79 Å². The van der Waals surface area contributed by atoms with Crippen LogP contribution in [0.5, 0.6) is 0 Å². The van der Waals surface area contributed by atoms with Crippen LogP contribution in [0, 0.1) is 0 Å². The molecule has 0 amide bonds. The molecule has 1 aliphatic rings. The molecule has 0 bridgehead atoms. The van der Waals surface area contributed by atoms with Crippen molar-refractivity contribution in [1.82, 2.24) is 9.38 Å². The number of carbonyl (C=O) groups excluding carboxylic acids is 1. The van der Waals surface area contributed by atoms with E-state index in [0.29, 0.717) is 10.8 Å². The molecule has 2 aromatic rings. The van der Waals surface area contributed by atoms with E-state index >= 15 is 0 Å². The van der Waals surface area contributed by atoms with E-state index in [1.54, 1.807) is 0 Å². The summed E-state index contributed by atoms with van der Waals surface area (Å²) < 4.78 is 2.10. The average molecular weight is 260 g/mol. The van der Waals surface area contributed by atoms with Gasteiger partial charge in [0.25, 0.3) is 0 Å². The second kappa shape index (κ2) is 5.14. The number of hydrogen-bond acceptors (Lipinski definition) is 3. The lowest BCUT2D eigenvalue weighted by atomic mass is 10.1. The number of aldehydes is 1. The monoisotopic (exact) mass is 260 g/mol. The number of thioether (sulfide) groups is 1. The van der Waals surface area contributed by atoms with Crippen molar-refractivity contribution in [1.29, 1.82) is 0 Å². The molecule has 1 saturated heterocycles. The molecule has 0 saturated carbocycles. The molecule has 1 unspecified atom stereocenters. The first-order valence-electron chi connectivity index (χ1n) is 6.39. The summed E-state index contributed by atoms with van der Waals surface area (Å²) in [5, 5.41) is 0.704. The summed E-state index contributed by atoms with van der Waals surface area (Å²) in [6.45, 7) is 0. The van der Waals surface area contributed by atoms with Gasteiger partial charge in [0.1, 0.15) is 12.1 Å². The highest BCUT2D eigenvalue weighted by atomic mass is 32.2. The van der Waals surface area contributed by atoms with Crippen LogP contribution in [0.4, 0.5) is 0 Å². The molecular weight excluding hydrogens is 244 g/mol. The van der Waals surface area contributed by atoms with Gasteiger partial charge in [-0.3, -0.25) is 4.79 Å². The minimum atomic E-state index is 0.704. The molecule has 1 fully saturated rings. The van der Waals surface area contributed by atoms with Crippen molar-refractivity contribution in [3.63, 3.8) is 0 Å². The number of fused-ring (bicyclic) bond motifs is 1. The normalized spacial score (nSPS) is 20.1. The molecule has 0 aliphatic carbocycles. The Morgan fingerprint density at radius 2 is 2.44 bits per heavy atom. The topological polar surface area (TPSA) is 34.4 Å². The third-order valence-electron chi connectivity index (χ3n) is 3.45. The van der Waals surface area contributed by atoms with E-state index in [1.807, 2.05) is 24.5 Å². The number of pyridine rings is 1. The van der Waals surface area contributed by atoms with Crippen molar-refractivity contribution in [2.24, 2.45) is 0 Å². The van der Waals surface area contributed by atoms with Crippen LogP contribution in [0.3, 0.4) is 0 Å². The Labute approximate surface area is 111 Å². The summed E-state index contributed by atoms with van der Waals surface area (Å²) in [5.74, 6) is 2.39. The van der Waals surface area contributed by atoms with Crippen molar-refractivity contribution in [2.45, 2.75) is 30.9 Å². The van der Waals surface area contributed by atoms with Gasteiger partial charge in [-0.2, -0.15) is 11.8 Å². The van der Waals surface area contributed by atoms with Crippen LogP contribution in [0.15, 0.2) is 24.5 Å². The maximum absolute atomic E-state index is 10.7. The van der Waals surface area contributed by atoms with Crippen molar-refractivity contribution in [2.75, 3.05) is 5.75 Å². The Bertz CT molecular complexity index is 558. The predicted molar refractivity (Wildman–Crippen MR) is 74.4 cm³/mol. The Balaban J connectivity index is 1.85. The average Bonchev–Trinajstić information content (AvgIpc) is 2.82. The van der Waals surface area contributed by atoms with Gasteiger partial charge in [-0.1, -0.05) is 6.42 Å². The van der Waals surface area contributed by atoms with E-state index < -0.39 is 0 Å². The number of rotatable bonds is 3. The van der Waals surface area contributed by atoms with Crippen molar-refractivity contribution >= 4 is 23.6 Å². The molecule has 1 atom stereocenters. The minimum absolute atomic E-state index is 0.704. The van der Waals surface area contributed by atoms with Gasteiger partial charge in [0.05, 0.1) is 11.7 Å². The predicted octanol–water partition coefficient (Wildman–Crippen LogP) is 2.98. The fourth-order valence-corrected chi connectivity index (χ4v) is 3.77. The van der Waals surface area contributed by atoms with Gasteiger partial charge in [-0.25, -0.2) is 4.98 Å². The second-order valence-electron chi connectivity index (χ2n) is 4.74. The molecule has 3 nitrogen and oxygen atoms in total. The number of carbonyl (C=O) groups is 1. The minimum Gasteiger partial charge on any atom is -0.304 e. The third-order valence-corrected chi connectivity index (χ3v) is 4.85. The first-order valence-corrected chi connectivity index (χ1v) is 7.44. The molecule has 0 N–H and O–H groups in total. The van der Waals surface area contributed by atoms with E-state index in [4.69, 9.17) is 0 Å². The molecule has 2 aromatic heterocycles. The number of imidazole rings is 1. The Kier molecular flexibility index (Phi) is 3.37. The van der Waals surface area contributed by atoms with E-state index in [0.717, 1.165) is 24.0 Å². The summed E-state index contributed by atoms with van der Waals surface area (Å²) in [4.78, 5) is 15.2. The van der Waals surface area contributed by atoms with Crippen LogP contribution < -0.4 is 0 Å². The molecule has 94 valence electrons. The van der Waals surface area contributed by atoms with Gasteiger partial charge < -0.3 is 4.40 Å². The number of hydrogen-bond donors (Lipinski definition) is 0. The Morgan fingerprint density at radius 3 is 3.22 bits per heavy atom. The van der Waals surface area contributed by atoms with Gasteiger partial charge in [0, 0.05) is 23.4 Å². The zero-order valence-electron chi connectivity index (χ0n) is 10.2. The third kappa shape index (κ3) is 2.29. The summed E-state index contributed by atoms with van der Waals surface area (Å²) in [7, 11) is 0. The fraction of sp³-hybridized carbons (Fsp3) is 0.429. The molecule has 0 radical (unpaired) electrons. The lowest BCUT2D eigenvalue weighted by molar-refractivity contribution is 0.112. The highest BCUT2D eigenvalue weighted by Crippen LogP contribution is 2.27. The summed E-state index contributed by atoms with van der Waals surface area (Å²) >= 11 is 2.07. The van der Waals surface area contributed by atoms with Crippen molar-refractivity contribution < 1.29 is 4.79 Å². The van der Waals surface area contributed by atoms with Crippen molar-refractivity contribution in [3.05, 3.63) is 35.9 Å². The fourth-order valence-electron chi connectivity index (χ4n) is 2.47. The van der Waals surface area contributed by atoms with Gasteiger partial charge in [0.2, 0.25) is 0 Å². The summed E-state index contributed by atoms with van der Waals surface area (Å²) in [5.41, 5.74) is 1.72. The molecule has 3 heterocycles. The van der Waals surface area contributed by atoms with Crippen molar-refractivity contribution in [3.8, 4) is 0 Å². The Morgan fingerprint density at radius 1 is 1.50 bits per heavy atom. The molecule has 4 heteroatoms. The van der Waals surface area contributed by atoms with Gasteiger partial charge >= 0.3 is 0 Å². The maximum atomic E-state index is 10.7. The maximum Gasteiger partial charge on any atom is 0.150 e. The van der Waals surface area contributed by atoms with E-state index in [-0.39, 0.29) is 0 Å². The Hall–Kier alpha value is -1.29. The van der Waals surface area contributed by atoms with Crippen LogP contribution in [0.2, 0.25) is 0 Å². The largest absolute Gasteiger partial charge is 0.304 e. The van der Waals surface area contributed by atoms with Crippen LogP contribution >= 0.6 is 11.8 Å². The van der Waals surface area contributed by atoms with Crippen LogP contribution in [0.25, 0.3) is 5.52 Å². The van der Waals surface area contributed by atoms with Gasteiger partial charge in [-0.15, -0.1) is 0 Å². The highest BCUT2D eigenvalue weighted by Gasteiger charge is 2.16. The van der Waals surface area contributed by atoms with E-state index in [2.05, 4.69) is 21.1 Å². The molecular formula is C14H16N2OS. The SMILES string of the molecule is O=Cc1ccn2c(CC3CCCCS3)ncc2c1.